The summed E-state index contributed by atoms with van der Waals surface area (Å²) < 4.78 is 15.2. The van der Waals surface area contributed by atoms with Crippen molar-refractivity contribution in [3.8, 4) is 0 Å². The molecule has 2 N–H and O–H groups in total. The van der Waals surface area contributed by atoms with Gasteiger partial charge in [-0.1, -0.05) is 0 Å². The van der Waals surface area contributed by atoms with Gasteiger partial charge in [0.15, 0.2) is 6.29 Å². The van der Waals surface area contributed by atoms with Gasteiger partial charge in [-0.05, 0) is 0 Å². The Labute approximate surface area is 69.8 Å². The van der Waals surface area contributed by atoms with Crippen molar-refractivity contribution in [3.05, 3.63) is 0 Å². The van der Waals surface area contributed by atoms with Crippen LogP contribution < -0.4 is 0 Å². The number of hydrogen-bond acceptors (Lipinski definition) is 5. The van der Waals surface area contributed by atoms with E-state index in [2.05, 4.69) is 0 Å². The Kier molecular flexibility index (Phi) is 2.05. The highest BCUT2D eigenvalue weighted by molar-refractivity contribution is 4.94. The SMILES string of the molecule is CO[C@@H]1O[C@@H]2CO[C@@H]([C@H]2O)[C@H]1O. The van der Waals surface area contributed by atoms with Crippen molar-refractivity contribution in [2.75, 3.05) is 13.7 Å². The number of fused-ring (bicyclic) bond motifs is 2. The Morgan fingerprint density at radius 1 is 1.33 bits per heavy atom. The molecule has 2 rings (SSSR count). The molecule has 0 unspecified atom stereocenters. The van der Waals surface area contributed by atoms with Crippen LogP contribution in [-0.2, 0) is 14.2 Å². The zero-order valence-corrected chi connectivity index (χ0v) is 6.71. The summed E-state index contributed by atoms with van der Waals surface area (Å²) >= 11 is 0. The van der Waals surface area contributed by atoms with Crippen molar-refractivity contribution >= 4 is 0 Å². The fourth-order valence-corrected chi connectivity index (χ4v) is 1.64. The summed E-state index contributed by atoms with van der Waals surface area (Å²) in [5.74, 6) is 0. The lowest BCUT2D eigenvalue weighted by atomic mass is 10.0. The van der Waals surface area contributed by atoms with Crippen LogP contribution >= 0.6 is 0 Å². The number of rotatable bonds is 1. The van der Waals surface area contributed by atoms with Gasteiger partial charge in [-0.15, -0.1) is 0 Å². The van der Waals surface area contributed by atoms with Crippen LogP contribution in [-0.4, -0.2) is 54.6 Å². The molecule has 2 saturated heterocycles. The van der Waals surface area contributed by atoms with Crippen LogP contribution in [0.4, 0.5) is 0 Å². The van der Waals surface area contributed by atoms with Gasteiger partial charge in [0.2, 0.25) is 0 Å². The molecule has 2 aliphatic heterocycles. The van der Waals surface area contributed by atoms with Crippen molar-refractivity contribution < 1.29 is 24.4 Å². The van der Waals surface area contributed by atoms with Crippen molar-refractivity contribution in [2.45, 2.75) is 30.7 Å². The molecule has 5 heteroatoms. The summed E-state index contributed by atoms with van der Waals surface area (Å²) in [5, 5.41) is 18.9. The van der Waals surface area contributed by atoms with Crippen molar-refractivity contribution in [3.63, 3.8) is 0 Å². The van der Waals surface area contributed by atoms with Crippen LogP contribution in [0.15, 0.2) is 0 Å². The summed E-state index contributed by atoms with van der Waals surface area (Å²) in [6.07, 6.45) is -3.22. The predicted molar refractivity (Wildman–Crippen MR) is 37.4 cm³/mol. The zero-order chi connectivity index (χ0) is 8.72. The fourth-order valence-electron chi connectivity index (χ4n) is 1.64. The summed E-state index contributed by atoms with van der Waals surface area (Å²) in [6, 6.07) is 0. The van der Waals surface area contributed by atoms with Gasteiger partial charge in [-0.25, -0.2) is 0 Å². The highest BCUT2D eigenvalue weighted by Crippen LogP contribution is 2.29. The summed E-state index contributed by atoms with van der Waals surface area (Å²) in [7, 11) is 1.45. The summed E-state index contributed by atoms with van der Waals surface area (Å²) in [5.41, 5.74) is 0. The van der Waals surface area contributed by atoms with E-state index in [1.807, 2.05) is 0 Å². The molecule has 5 nitrogen and oxygen atoms in total. The lowest BCUT2D eigenvalue weighted by Gasteiger charge is -2.33. The van der Waals surface area contributed by atoms with Crippen molar-refractivity contribution in [1.29, 1.82) is 0 Å². The Hall–Kier alpha value is -0.200. The van der Waals surface area contributed by atoms with Crippen LogP contribution in [0.2, 0.25) is 0 Å². The first-order valence-corrected chi connectivity index (χ1v) is 3.90. The first kappa shape index (κ1) is 8.40. The summed E-state index contributed by atoms with van der Waals surface area (Å²) in [6.45, 7) is 0.322. The second-order valence-electron chi connectivity index (χ2n) is 3.06. The molecule has 2 bridgehead atoms. The normalized spacial score (nSPS) is 52.8. The minimum atomic E-state index is -0.899. The molecule has 70 valence electrons. The molecule has 0 aliphatic carbocycles. The molecule has 0 aromatic carbocycles. The second-order valence-corrected chi connectivity index (χ2v) is 3.06. The molecule has 0 radical (unpaired) electrons. The average Bonchev–Trinajstić information content (AvgIpc) is 2.31. The molecule has 5 atom stereocenters. The van der Waals surface area contributed by atoms with E-state index in [1.165, 1.54) is 7.11 Å². The Morgan fingerprint density at radius 3 is 2.75 bits per heavy atom. The maximum Gasteiger partial charge on any atom is 0.186 e. The zero-order valence-electron chi connectivity index (χ0n) is 6.71. The minimum absolute atomic E-state index is 0.322. The highest BCUT2D eigenvalue weighted by Gasteiger charge is 2.50. The Balaban J connectivity index is 2.12. The van der Waals surface area contributed by atoms with E-state index in [4.69, 9.17) is 14.2 Å². The molecule has 0 aromatic heterocycles. The lowest BCUT2D eigenvalue weighted by molar-refractivity contribution is -0.253. The molecule has 0 amide bonds. The van der Waals surface area contributed by atoms with E-state index in [0.29, 0.717) is 6.61 Å². The first-order valence-electron chi connectivity index (χ1n) is 3.90. The molecule has 0 aromatic rings. The molecule has 2 fully saturated rings. The maximum absolute atomic E-state index is 9.49. The molecule has 2 aliphatic rings. The third kappa shape index (κ3) is 1.06. The Bertz CT molecular complexity index is 173. The number of hydrogen-bond donors (Lipinski definition) is 2. The van der Waals surface area contributed by atoms with E-state index in [9.17, 15) is 10.2 Å². The molecule has 2 heterocycles. The molecule has 0 spiro atoms. The highest BCUT2D eigenvalue weighted by atomic mass is 16.7. The van der Waals surface area contributed by atoms with Gasteiger partial charge in [-0.3, -0.25) is 0 Å². The van der Waals surface area contributed by atoms with E-state index < -0.39 is 24.6 Å². The van der Waals surface area contributed by atoms with Gasteiger partial charge in [0.1, 0.15) is 24.4 Å². The number of aliphatic hydroxyl groups excluding tert-OH is 2. The van der Waals surface area contributed by atoms with Crippen molar-refractivity contribution in [1.82, 2.24) is 0 Å². The number of aliphatic hydroxyl groups is 2. The van der Waals surface area contributed by atoms with E-state index in [0.717, 1.165) is 0 Å². The van der Waals surface area contributed by atoms with Crippen LogP contribution in [0.3, 0.4) is 0 Å². The second kappa shape index (κ2) is 2.93. The lowest BCUT2D eigenvalue weighted by Crippen LogP contribution is -2.53. The van der Waals surface area contributed by atoms with Gasteiger partial charge in [0.05, 0.1) is 6.61 Å². The smallest absolute Gasteiger partial charge is 0.186 e. The van der Waals surface area contributed by atoms with E-state index in [-0.39, 0.29) is 6.10 Å². The van der Waals surface area contributed by atoms with Crippen LogP contribution in [0, 0.1) is 0 Å². The average molecular weight is 176 g/mol. The van der Waals surface area contributed by atoms with Crippen LogP contribution in [0.5, 0.6) is 0 Å². The van der Waals surface area contributed by atoms with E-state index >= 15 is 0 Å². The Morgan fingerprint density at radius 2 is 2.08 bits per heavy atom. The molecule has 12 heavy (non-hydrogen) atoms. The predicted octanol–water partition coefficient (Wildman–Crippen LogP) is -1.52. The fraction of sp³-hybridized carbons (Fsp3) is 1.00. The van der Waals surface area contributed by atoms with Gasteiger partial charge in [0, 0.05) is 7.11 Å². The molecular weight excluding hydrogens is 164 g/mol. The van der Waals surface area contributed by atoms with Crippen LogP contribution in [0.1, 0.15) is 0 Å². The van der Waals surface area contributed by atoms with Gasteiger partial charge >= 0.3 is 0 Å². The van der Waals surface area contributed by atoms with Crippen molar-refractivity contribution in [2.24, 2.45) is 0 Å². The first-order chi connectivity index (χ1) is 5.74. The molecule has 0 saturated carbocycles. The quantitative estimate of drug-likeness (QED) is 0.507. The maximum atomic E-state index is 9.49. The van der Waals surface area contributed by atoms with Crippen LogP contribution in [0.25, 0.3) is 0 Å². The van der Waals surface area contributed by atoms with E-state index in [1.54, 1.807) is 0 Å². The third-order valence-electron chi connectivity index (χ3n) is 2.33. The largest absolute Gasteiger partial charge is 0.387 e. The summed E-state index contributed by atoms with van der Waals surface area (Å²) in [4.78, 5) is 0. The number of ether oxygens (including phenoxy) is 3. The minimum Gasteiger partial charge on any atom is -0.387 e. The third-order valence-corrected chi connectivity index (χ3v) is 2.33. The topological polar surface area (TPSA) is 68.2 Å². The standard InChI is InChI=1S/C7H12O5/c1-10-7-5(9)6-4(8)3(12-7)2-11-6/h3-9H,2H2,1H3/t3-,4+,5-,6+,7-/m1/s1. The monoisotopic (exact) mass is 176 g/mol. The number of methoxy groups -OCH3 is 1. The van der Waals surface area contributed by atoms with Gasteiger partial charge in [0.25, 0.3) is 0 Å². The molecular formula is C7H12O5. The van der Waals surface area contributed by atoms with Gasteiger partial charge in [-0.2, -0.15) is 0 Å². The van der Waals surface area contributed by atoms with Gasteiger partial charge < -0.3 is 24.4 Å².